The minimum Gasteiger partial charge on any atom is -0.506 e. The maximum atomic E-state index is 11.3. The summed E-state index contributed by atoms with van der Waals surface area (Å²) in [5.41, 5.74) is 3.22. The average molecular weight is 405 g/mol. The Kier molecular flexibility index (Phi) is 4.97. The van der Waals surface area contributed by atoms with Gasteiger partial charge in [0.25, 0.3) is 0 Å². The zero-order valence-electron chi connectivity index (χ0n) is 16.1. The molecule has 1 amide bonds. The van der Waals surface area contributed by atoms with E-state index in [-0.39, 0.29) is 12.2 Å². The van der Waals surface area contributed by atoms with Gasteiger partial charge in [0, 0.05) is 11.9 Å². The third-order valence-corrected chi connectivity index (χ3v) is 5.05. The first kappa shape index (κ1) is 19.3. The van der Waals surface area contributed by atoms with E-state index in [1.807, 2.05) is 28.8 Å². The summed E-state index contributed by atoms with van der Waals surface area (Å²) in [6.07, 6.45) is 3.21. The number of carbonyl (C=O) groups is 2. The Labute approximate surface area is 171 Å². The summed E-state index contributed by atoms with van der Waals surface area (Å²) in [5.74, 6) is -0.320. The number of nitrogens with zero attached hydrogens (tertiary/aromatic N) is 2. The lowest BCUT2D eigenvalue weighted by atomic mass is 10.0. The molecule has 8 heteroatoms. The average Bonchev–Trinajstić information content (AvgIpc) is 3.05. The van der Waals surface area contributed by atoms with E-state index in [2.05, 4.69) is 10.3 Å². The molecule has 0 unspecified atom stereocenters. The van der Waals surface area contributed by atoms with E-state index in [0.717, 1.165) is 16.8 Å². The fraction of sp³-hybridized carbons (Fsp3) is 0.136. The van der Waals surface area contributed by atoms with Crippen LogP contribution in [0.3, 0.4) is 0 Å². The smallest absolute Gasteiger partial charge is 0.307 e. The number of carboxylic acids is 1. The molecule has 0 saturated heterocycles. The Balaban J connectivity index is 1.99. The number of pyridine rings is 1. The van der Waals surface area contributed by atoms with E-state index in [9.17, 15) is 19.8 Å². The van der Waals surface area contributed by atoms with Gasteiger partial charge in [0.05, 0.1) is 48.0 Å². The molecule has 4 rings (SSSR count). The van der Waals surface area contributed by atoms with Crippen LogP contribution in [0.1, 0.15) is 11.1 Å². The molecular formula is C22H19N3O5. The van der Waals surface area contributed by atoms with Crippen LogP contribution in [0.25, 0.3) is 21.8 Å². The molecule has 0 atom stereocenters. The molecule has 0 saturated carbocycles. The third kappa shape index (κ3) is 3.28. The molecule has 0 bridgehead atoms. The van der Waals surface area contributed by atoms with Crippen LogP contribution in [0.2, 0.25) is 0 Å². The van der Waals surface area contributed by atoms with Gasteiger partial charge in [-0.2, -0.15) is 0 Å². The highest BCUT2D eigenvalue weighted by atomic mass is 16.5. The van der Waals surface area contributed by atoms with Crippen molar-refractivity contribution < 1.29 is 24.5 Å². The predicted molar refractivity (Wildman–Crippen MR) is 112 cm³/mol. The standard InChI is InChI=1S/C22H19N3O5/c1-30-15-5-2-13(3-6-15)11-25-16-7-4-14(8-19(28)29)22(24-12-26)21(16)20-17(25)9-23-10-18(20)27/h2-7,9-10,12,27H,8,11H2,1H3,(H,24,26)(H,28,29). The quantitative estimate of drug-likeness (QED) is 0.407. The molecule has 2 aromatic heterocycles. The van der Waals surface area contributed by atoms with Gasteiger partial charge in [0.2, 0.25) is 6.41 Å². The van der Waals surface area contributed by atoms with Crippen molar-refractivity contribution in [3.63, 3.8) is 0 Å². The summed E-state index contributed by atoms with van der Waals surface area (Å²) in [4.78, 5) is 26.7. The van der Waals surface area contributed by atoms with Crippen molar-refractivity contribution in [2.75, 3.05) is 12.4 Å². The first-order valence-electron chi connectivity index (χ1n) is 9.19. The summed E-state index contributed by atoms with van der Waals surface area (Å²) in [7, 11) is 1.60. The number of carbonyl (C=O) groups excluding carboxylic acids is 1. The number of hydrogen-bond acceptors (Lipinski definition) is 5. The topological polar surface area (TPSA) is 114 Å². The van der Waals surface area contributed by atoms with Gasteiger partial charge in [-0.3, -0.25) is 14.6 Å². The van der Waals surface area contributed by atoms with Gasteiger partial charge in [-0.15, -0.1) is 0 Å². The Hall–Kier alpha value is -4.07. The lowest BCUT2D eigenvalue weighted by Crippen LogP contribution is -2.06. The van der Waals surface area contributed by atoms with Crippen LogP contribution in [0, 0.1) is 0 Å². The second-order valence-electron chi connectivity index (χ2n) is 6.81. The molecule has 30 heavy (non-hydrogen) atoms. The number of benzene rings is 2. The van der Waals surface area contributed by atoms with Crippen LogP contribution < -0.4 is 10.1 Å². The zero-order valence-corrected chi connectivity index (χ0v) is 16.1. The number of ether oxygens (including phenoxy) is 1. The second-order valence-corrected chi connectivity index (χ2v) is 6.81. The number of fused-ring (bicyclic) bond motifs is 3. The molecule has 3 N–H and O–H groups in total. The van der Waals surface area contributed by atoms with Gasteiger partial charge in [0.1, 0.15) is 11.5 Å². The number of hydrogen-bond donors (Lipinski definition) is 3. The highest BCUT2D eigenvalue weighted by Crippen LogP contribution is 2.40. The number of anilines is 1. The highest BCUT2D eigenvalue weighted by Gasteiger charge is 2.20. The summed E-state index contributed by atoms with van der Waals surface area (Å²) >= 11 is 0. The van der Waals surface area contributed by atoms with E-state index in [4.69, 9.17) is 4.74 Å². The summed E-state index contributed by atoms with van der Waals surface area (Å²) in [6, 6.07) is 11.1. The van der Waals surface area contributed by atoms with Gasteiger partial charge in [-0.25, -0.2) is 0 Å². The van der Waals surface area contributed by atoms with Crippen molar-refractivity contribution in [2.24, 2.45) is 0 Å². The number of methoxy groups -OCH3 is 1. The number of aromatic nitrogens is 2. The Bertz CT molecular complexity index is 1260. The molecule has 0 spiro atoms. The molecule has 0 aliphatic heterocycles. The van der Waals surface area contributed by atoms with E-state index >= 15 is 0 Å². The lowest BCUT2D eigenvalue weighted by molar-refractivity contribution is -0.136. The molecule has 0 radical (unpaired) electrons. The van der Waals surface area contributed by atoms with Crippen molar-refractivity contribution in [2.45, 2.75) is 13.0 Å². The van der Waals surface area contributed by atoms with Crippen LogP contribution in [0.5, 0.6) is 11.5 Å². The van der Waals surface area contributed by atoms with Crippen molar-refractivity contribution in [3.8, 4) is 11.5 Å². The zero-order chi connectivity index (χ0) is 21.3. The Morgan fingerprint density at radius 3 is 2.57 bits per heavy atom. The van der Waals surface area contributed by atoms with Gasteiger partial charge >= 0.3 is 5.97 Å². The lowest BCUT2D eigenvalue weighted by Gasteiger charge is -2.11. The Morgan fingerprint density at radius 1 is 1.13 bits per heavy atom. The van der Waals surface area contributed by atoms with Gasteiger partial charge in [-0.1, -0.05) is 18.2 Å². The molecule has 0 fully saturated rings. The SMILES string of the molecule is COc1ccc(Cn2c3cncc(O)c3c3c(NC=O)c(CC(=O)O)ccc32)cc1. The summed E-state index contributed by atoms with van der Waals surface area (Å²) < 4.78 is 7.18. The van der Waals surface area contributed by atoms with Gasteiger partial charge < -0.3 is 24.8 Å². The largest absolute Gasteiger partial charge is 0.506 e. The number of amides is 1. The molecule has 4 aromatic rings. The first-order valence-corrected chi connectivity index (χ1v) is 9.19. The minimum atomic E-state index is -1.02. The van der Waals surface area contributed by atoms with Crippen molar-refractivity contribution in [3.05, 3.63) is 59.9 Å². The van der Waals surface area contributed by atoms with Crippen molar-refractivity contribution in [1.82, 2.24) is 9.55 Å². The number of aliphatic carboxylic acids is 1. The van der Waals surface area contributed by atoms with Crippen LogP contribution in [0.15, 0.2) is 48.8 Å². The van der Waals surface area contributed by atoms with Gasteiger partial charge in [-0.05, 0) is 29.3 Å². The van der Waals surface area contributed by atoms with Crippen molar-refractivity contribution in [1.29, 1.82) is 0 Å². The maximum absolute atomic E-state index is 11.3. The van der Waals surface area contributed by atoms with E-state index in [1.165, 1.54) is 6.20 Å². The van der Waals surface area contributed by atoms with Crippen LogP contribution in [-0.2, 0) is 22.6 Å². The van der Waals surface area contributed by atoms with E-state index in [0.29, 0.717) is 40.5 Å². The molecule has 8 nitrogen and oxygen atoms in total. The second kappa shape index (κ2) is 7.75. The van der Waals surface area contributed by atoms with Crippen LogP contribution in [-0.4, -0.2) is 39.3 Å². The number of rotatable bonds is 7. The third-order valence-electron chi connectivity index (χ3n) is 5.05. The number of aromatic hydroxyl groups is 1. The van der Waals surface area contributed by atoms with Gasteiger partial charge in [0.15, 0.2) is 0 Å². The summed E-state index contributed by atoms with van der Waals surface area (Å²) in [5, 5.41) is 23.5. The predicted octanol–water partition coefficient (Wildman–Crippen LogP) is 3.15. The molecule has 152 valence electrons. The highest BCUT2D eigenvalue weighted by molar-refractivity contribution is 6.18. The minimum absolute atomic E-state index is 0.0487. The molecule has 0 aliphatic carbocycles. The maximum Gasteiger partial charge on any atom is 0.307 e. The van der Waals surface area contributed by atoms with E-state index < -0.39 is 5.97 Å². The normalized spacial score (nSPS) is 11.0. The van der Waals surface area contributed by atoms with Crippen LogP contribution >= 0.6 is 0 Å². The number of carboxylic acid groups (broad SMARTS) is 1. The number of nitrogens with one attached hydrogen (secondary N) is 1. The van der Waals surface area contributed by atoms with E-state index in [1.54, 1.807) is 25.4 Å². The van der Waals surface area contributed by atoms with Crippen LogP contribution in [0.4, 0.5) is 5.69 Å². The molecule has 2 heterocycles. The molecule has 2 aromatic carbocycles. The first-order chi connectivity index (χ1) is 14.5. The fourth-order valence-corrected chi connectivity index (χ4v) is 3.76. The Morgan fingerprint density at radius 2 is 1.90 bits per heavy atom. The molecule has 0 aliphatic rings. The summed E-state index contributed by atoms with van der Waals surface area (Å²) in [6.45, 7) is 0.480. The monoisotopic (exact) mass is 405 g/mol. The van der Waals surface area contributed by atoms with Crippen molar-refractivity contribution >= 4 is 39.9 Å². The fourth-order valence-electron chi connectivity index (χ4n) is 3.76. The molecular weight excluding hydrogens is 386 g/mol.